The average molecular weight is 565 g/mol. The minimum atomic E-state index is -3.60. The SMILES string of the molecule is CC[C@@H](C)n1c(SCC(=O)O[C@@H]2C[C@H](C)CC[C@@H]2C(C)C)nnc1-c1cccc(S(=O)(=O)N(CC)CC)c1. The maximum absolute atomic E-state index is 13.1. The van der Waals surface area contributed by atoms with E-state index in [-0.39, 0.29) is 28.8 Å². The molecule has 1 aromatic heterocycles. The van der Waals surface area contributed by atoms with E-state index in [1.165, 1.54) is 22.5 Å². The van der Waals surface area contributed by atoms with E-state index in [4.69, 9.17) is 4.74 Å². The normalized spacial score (nSPS) is 21.1. The van der Waals surface area contributed by atoms with Gasteiger partial charge in [0.2, 0.25) is 10.0 Å². The van der Waals surface area contributed by atoms with Gasteiger partial charge in [-0.05, 0) is 56.1 Å². The maximum Gasteiger partial charge on any atom is 0.316 e. The first-order chi connectivity index (χ1) is 18.0. The molecule has 0 N–H and O–H groups in total. The highest BCUT2D eigenvalue weighted by Crippen LogP contribution is 2.36. The summed E-state index contributed by atoms with van der Waals surface area (Å²) in [6, 6.07) is 6.93. The molecular formula is C28H44N4O4S2. The summed E-state index contributed by atoms with van der Waals surface area (Å²) in [5.41, 5.74) is 0.677. The quantitative estimate of drug-likeness (QED) is 0.229. The lowest BCUT2D eigenvalue weighted by Crippen LogP contribution is -2.36. The van der Waals surface area contributed by atoms with Gasteiger partial charge in [-0.2, -0.15) is 4.31 Å². The average Bonchev–Trinajstić information content (AvgIpc) is 3.31. The molecule has 0 bridgehead atoms. The Morgan fingerprint density at radius 3 is 2.50 bits per heavy atom. The van der Waals surface area contributed by atoms with Crippen molar-refractivity contribution in [2.45, 2.75) is 96.3 Å². The Bertz CT molecular complexity index is 1180. The molecule has 1 aliphatic rings. The minimum absolute atomic E-state index is 0.0367. The molecule has 0 radical (unpaired) electrons. The van der Waals surface area contributed by atoms with Crippen molar-refractivity contribution in [1.82, 2.24) is 19.1 Å². The molecule has 4 atom stereocenters. The second-order valence-electron chi connectivity index (χ2n) is 10.7. The third-order valence-corrected chi connectivity index (χ3v) is 10.7. The van der Waals surface area contributed by atoms with Gasteiger partial charge in [-0.15, -0.1) is 10.2 Å². The molecule has 1 fully saturated rings. The van der Waals surface area contributed by atoms with Crippen LogP contribution in [0.15, 0.2) is 34.3 Å². The number of esters is 1. The first-order valence-corrected chi connectivity index (χ1v) is 16.3. The zero-order valence-corrected chi connectivity index (χ0v) is 25.5. The van der Waals surface area contributed by atoms with Gasteiger partial charge in [0.25, 0.3) is 0 Å². The van der Waals surface area contributed by atoms with E-state index in [1.807, 2.05) is 24.5 Å². The molecule has 1 heterocycles. The number of benzene rings is 1. The summed E-state index contributed by atoms with van der Waals surface area (Å²) < 4.78 is 35.6. The smallest absolute Gasteiger partial charge is 0.316 e. The third kappa shape index (κ3) is 6.99. The van der Waals surface area contributed by atoms with E-state index in [1.54, 1.807) is 18.2 Å². The highest BCUT2D eigenvalue weighted by atomic mass is 32.2. The zero-order chi connectivity index (χ0) is 28.0. The second kappa shape index (κ2) is 13.4. The van der Waals surface area contributed by atoms with E-state index < -0.39 is 10.0 Å². The number of carbonyl (C=O) groups excluding carboxylic acids is 1. The van der Waals surface area contributed by atoms with Crippen molar-refractivity contribution in [1.29, 1.82) is 0 Å². The molecule has 0 amide bonds. The Kier molecular flexibility index (Phi) is 10.8. The summed E-state index contributed by atoms with van der Waals surface area (Å²) in [5, 5.41) is 9.46. The van der Waals surface area contributed by atoms with Crippen LogP contribution < -0.4 is 0 Å². The van der Waals surface area contributed by atoms with Crippen LogP contribution >= 0.6 is 11.8 Å². The summed E-state index contributed by atoms with van der Waals surface area (Å²) in [5.74, 6) is 1.95. The molecule has 212 valence electrons. The van der Waals surface area contributed by atoms with Crippen LogP contribution in [-0.2, 0) is 19.6 Å². The Morgan fingerprint density at radius 1 is 1.16 bits per heavy atom. The summed E-state index contributed by atoms with van der Waals surface area (Å²) in [6.07, 6.45) is 3.99. The Labute approximate surface area is 233 Å². The molecule has 38 heavy (non-hydrogen) atoms. The number of hydrogen-bond acceptors (Lipinski definition) is 7. The topological polar surface area (TPSA) is 94.4 Å². The molecule has 1 saturated carbocycles. The molecule has 0 spiro atoms. The highest BCUT2D eigenvalue weighted by molar-refractivity contribution is 7.99. The second-order valence-corrected chi connectivity index (χ2v) is 13.6. The van der Waals surface area contributed by atoms with Crippen molar-refractivity contribution >= 4 is 27.8 Å². The molecule has 3 rings (SSSR count). The number of sulfonamides is 1. The van der Waals surface area contributed by atoms with E-state index in [2.05, 4.69) is 44.8 Å². The summed E-state index contributed by atoms with van der Waals surface area (Å²) in [6.45, 7) is 15.2. The fourth-order valence-corrected chi connectivity index (χ4v) is 7.56. The summed E-state index contributed by atoms with van der Waals surface area (Å²) >= 11 is 1.32. The predicted molar refractivity (Wildman–Crippen MR) is 153 cm³/mol. The first kappa shape index (κ1) is 30.6. The number of ether oxygens (including phenoxy) is 1. The van der Waals surface area contributed by atoms with Crippen LogP contribution in [0, 0.1) is 17.8 Å². The molecule has 1 aromatic carbocycles. The lowest BCUT2D eigenvalue weighted by molar-refractivity contribution is -0.152. The van der Waals surface area contributed by atoms with Gasteiger partial charge in [-0.3, -0.25) is 9.36 Å². The number of rotatable bonds is 12. The molecule has 10 heteroatoms. The van der Waals surface area contributed by atoms with Crippen LogP contribution in [0.4, 0.5) is 0 Å². The Balaban J connectivity index is 1.82. The first-order valence-electron chi connectivity index (χ1n) is 13.9. The standard InChI is InChI=1S/C28H44N4O4S2/c1-8-21(7)32-27(22-12-11-13-23(17-22)38(34,35)31(9-2)10-3)29-30-28(32)37-18-26(33)36-25-16-20(6)14-15-24(25)19(4)5/h11-13,17,19-21,24-25H,8-10,14-16,18H2,1-7H3/t20-,21-,24-,25-/m1/s1. The Morgan fingerprint density at radius 2 is 1.87 bits per heavy atom. The van der Waals surface area contributed by atoms with Crippen molar-refractivity contribution < 1.29 is 17.9 Å². The van der Waals surface area contributed by atoms with Gasteiger partial charge in [0.1, 0.15) is 6.10 Å². The lowest BCUT2D eigenvalue weighted by atomic mass is 9.75. The fraction of sp³-hybridized carbons (Fsp3) is 0.679. The van der Waals surface area contributed by atoms with E-state index >= 15 is 0 Å². The maximum atomic E-state index is 13.1. The van der Waals surface area contributed by atoms with Crippen LogP contribution in [0.3, 0.4) is 0 Å². The van der Waals surface area contributed by atoms with Gasteiger partial charge in [0.15, 0.2) is 11.0 Å². The van der Waals surface area contributed by atoms with Crippen LogP contribution in [0.5, 0.6) is 0 Å². The predicted octanol–water partition coefficient (Wildman–Crippen LogP) is 6.04. The van der Waals surface area contributed by atoms with Gasteiger partial charge in [0.05, 0.1) is 10.6 Å². The fourth-order valence-electron chi connectivity index (χ4n) is 5.24. The molecular weight excluding hydrogens is 520 g/mol. The van der Waals surface area contributed by atoms with Crippen molar-refractivity contribution in [2.24, 2.45) is 17.8 Å². The van der Waals surface area contributed by atoms with Crippen LogP contribution in [0.2, 0.25) is 0 Å². The van der Waals surface area contributed by atoms with E-state index in [0.29, 0.717) is 47.4 Å². The molecule has 8 nitrogen and oxygen atoms in total. The number of carbonyl (C=O) groups is 1. The number of thioether (sulfide) groups is 1. The van der Waals surface area contributed by atoms with Gasteiger partial charge in [0, 0.05) is 24.7 Å². The number of nitrogens with zero attached hydrogens (tertiary/aromatic N) is 4. The van der Waals surface area contributed by atoms with Crippen LogP contribution in [-0.4, -0.2) is 58.4 Å². The van der Waals surface area contributed by atoms with E-state index in [9.17, 15) is 13.2 Å². The van der Waals surface area contributed by atoms with Crippen molar-refractivity contribution in [3.8, 4) is 11.4 Å². The van der Waals surface area contributed by atoms with Crippen molar-refractivity contribution in [2.75, 3.05) is 18.8 Å². The third-order valence-electron chi connectivity index (χ3n) is 7.69. The molecule has 2 aromatic rings. The van der Waals surface area contributed by atoms with Crippen LogP contribution in [0.1, 0.15) is 80.2 Å². The summed E-state index contributed by atoms with van der Waals surface area (Å²) in [4.78, 5) is 13.1. The molecule has 1 aliphatic carbocycles. The molecule has 0 saturated heterocycles. The molecule has 0 aliphatic heterocycles. The highest BCUT2D eigenvalue weighted by Gasteiger charge is 2.33. The van der Waals surface area contributed by atoms with E-state index in [0.717, 1.165) is 19.3 Å². The Hall–Kier alpha value is -1.91. The number of hydrogen-bond donors (Lipinski definition) is 0. The number of aromatic nitrogens is 3. The summed E-state index contributed by atoms with van der Waals surface area (Å²) in [7, 11) is -3.60. The largest absolute Gasteiger partial charge is 0.461 e. The van der Waals surface area contributed by atoms with Crippen LogP contribution in [0.25, 0.3) is 11.4 Å². The van der Waals surface area contributed by atoms with Crippen molar-refractivity contribution in [3.63, 3.8) is 0 Å². The van der Waals surface area contributed by atoms with Gasteiger partial charge in [-0.1, -0.05) is 71.9 Å². The van der Waals surface area contributed by atoms with Crippen molar-refractivity contribution in [3.05, 3.63) is 24.3 Å². The minimum Gasteiger partial charge on any atom is -0.461 e. The molecule has 0 unspecified atom stereocenters. The van der Waals surface area contributed by atoms with Gasteiger partial charge < -0.3 is 4.74 Å². The van der Waals surface area contributed by atoms with Gasteiger partial charge >= 0.3 is 5.97 Å². The van der Waals surface area contributed by atoms with Gasteiger partial charge in [-0.25, -0.2) is 8.42 Å². The lowest BCUT2D eigenvalue weighted by Gasteiger charge is -2.36. The monoisotopic (exact) mass is 564 g/mol. The zero-order valence-electron chi connectivity index (χ0n) is 23.9.